The normalized spacial score (nSPS) is 22.8. The van der Waals surface area contributed by atoms with E-state index in [4.69, 9.17) is 4.74 Å². The lowest BCUT2D eigenvalue weighted by molar-refractivity contribution is -0.124. The van der Waals surface area contributed by atoms with E-state index in [0.29, 0.717) is 26.1 Å². The maximum Gasteiger partial charge on any atom is 0.220 e. The van der Waals surface area contributed by atoms with Gasteiger partial charge in [0.15, 0.2) is 0 Å². The van der Waals surface area contributed by atoms with E-state index in [0.717, 1.165) is 24.4 Å². The number of hydrogen-bond acceptors (Lipinski definition) is 4. The van der Waals surface area contributed by atoms with Crippen LogP contribution in [0.2, 0.25) is 0 Å². The molecule has 1 amide bonds. The van der Waals surface area contributed by atoms with Crippen LogP contribution in [-0.2, 0) is 16.1 Å². The van der Waals surface area contributed by atoms with Gasteiger partial charge in [0.1, 0.15) is 0 Å². The minimum absolute atomic E-state index is 0.0407. The molecule has 2 N–H and O–H groups in total. The molecule has 1 aromatic heterocycles. The maximum absolute atomic E-state index is 11.8. The molecule has 0 unspecified atom stereocenters. The van der Waals surface area contributed by atoms with Gasteiger partial charge in [0.25, 0.3) is 0 Å². The molecule has 0 saturated carbocycles. The Hall–Kier alpha value is -1.40. The molecule has 112 valence electrons. The summed E-state index contributed by atoms with van der Waals surface area (Å²) in [6, 6.07) is 1.75. The number of aromatic nitrogens is 2. The highest BCUT2D eigenvalue weighted by molar-refractivity contribution is 5.76. The molecule has 0 aromatic carbocycles. The van der Waals surface area contributed by atoms with Crippen molar-refractivity contribution in [1.29, 1.82) is 0 Å². The Bertz CT molecular complexity index is 459. The topological polar surface area (TPSA) is 76.4 Å². The quantitative estimate of drug-likeness (QED) is 0.826. The van der Waals surface area contributed by atoms with E-state index in [1.54, 1.807) is 0 Å². The third kappa shape index (κ3) is 4.05. The summed E-state index contributed by atoms with van der Waals surface area (Å²) in [4.78, 5) is 11.8. The molecular weight excluding hydrogens is 258 g/mol. The number of aliphatic hydroxyl groups excluding tert-OH is 1. The van der Waals surface area contributed by atoms with E-state index in [9.17, 15) is 9.90 Å². The molecular formula is C14H23N3O3. The lowest BCUT2D eigenvalue weighted by Gasteiger charge is -2.28. The van der Waals surface area contributed by atoms with Gasteiger partial charge in [0.05, 0.1) is 24.4 Å². The standard InChI is InChI=1S/C14H23N3O3/c1-10-8-11(2)17(16-10)6-3-4-14(19)15-12-9-20-7-5-13(12)18/h8,12-13,18H,3-7,9H2,1-2H3,(H,15,19)/t12-,13-/m1/s1. The van der Waals surface area contributed by atoms with Crippen molar-refractivity contribution in [3.8, 4) is 0 Å². The van der Waals surface area contributed by atoms with Crippen LogP contribution in [-0.4, -0.2) is 46.2 Å². The molecule has 1 saturated heterocycles. The lowest BCUT2D eigenvalue weighted by Crippen LogP contribution is -2.49. The summed E-state index contributed by atoms with van der Waals surface area (Å²) in [7, 11) is 0. The predicted molar refractivity (Wildman–Crippen MR) is 74.3 cm³/mol. The number of aryl methyl sites for hydroxylation is 3. The van der Waals surface area contributed by atoms with Crippen LogP contribution >= 0.6 is 0 Å². The molecule has 0 radical (unpaired) electrons. The Kier molecular flexibility index (Phi) is 5.14. The summed E-state index contributed by atoms with van der Waals surface area (Å²) >= 11 is 0. The largest absolute Gasteiger partial charge is 0.391 e. The van der Waals surface area contributed by atoms with Gasteiger partial charge in [-0.15, -0.1) is 0 Å². The predicted octanol–water partition coefficient (Wildman–Crippen LogP) is 0.546. The zero-order chi connectivity index (χ0) is 14.5. The summed E-state index contributed by atoms with van der Waals surface area (Å²) in [6.45, 7) is 5.66. The van der Waals surface area contributed by atoms with Crippen molar-refractivity contribution in [2.75, 3.05) is 13.2 Å². The molecule has 2 rings (SSSR count). The molecule has 1 aliphatic heterocycles. The average molecular weight is 281 g/mol. The van der Waals surface area contributed by atoms with E-state index < -0.39 is 6.10 Å². The fourth-order valence-electron chi connectivity index (χ4n) is 2.43. The first-order valence-corrected chi connectivity index (χ1v) is 7.12. The van der Waals surface area contributed by atoms with E-state index >= 15 is 0 Å². The van der Waals surface area contributed by atoms with Crippen LogP contribution in [0.15, 0.2) is 6.07 Å². The van der Waals surface area contributed by atoms with Gasteiger partial charge in [0.2, 0.25) is 5.91 Å². The smallest absolute Gasteiger partial charge is 0.220 e. The van der Waals surface area contributed by atoms with Crippen LogP contribution in [0.25, 0.3) is 0 Å². The van der Waals surface area contributed by atoms with Crippen LogP contribution in [0.4, 0.5) is 0 Å². The third-order valence-electron chi connectivity index (χ3n) is 3.54. The molecule has 0 bridgehead atoms. The van der Waals surface area contributed by atoms with E-state index in [-0.39, 0.29) is 11.9 Å². The number of nitrogens with zero attached hydrogens (tertiary/aromatic N) is 2. The van der Waals surface area contributed by atoms with Gasteiger partial charge in [0, 0.05) is 25.3 Å². The Morgan fingerprint density at radius 2 is 2.40 bits per heavy atom. The van der Waals surface area contributed by atoms with Crippen molar-refractivity contribution in [2.45, 2.75) is 51.8 Å². The Morgan fingerprint density at radius 3 is 3.05 bits per heavy atom. The number of carbonyl (C=O) groups excluding carboxylic acids is 1. The highest BCUT2D eigenvalue weighted by Crippen LogP contribution is 2.08. The third-order valence-corrected chi connectivity index (χ3v) is 3.54. The first-order valence-electron chi connectivity index (χ1n) is 7.12. The molecule has 6 nitrogen and oxygen atoms in total. The zero-order valence-electron chi connectivity index (χ0n) is 12.1. The second kappa shape index (κ2) is 6.85. The minimum atomic E-state index is -0.497. The van der Waals surface area contributed by atoms with Gasteiger partial charge in [-0.3, -0.25) is 9.48 Å². The Balaban J connectivity index is 1.71. The Labute approximate surface area is 119 Å². The number of rotatable bonds is 5. The van der Waals surface area contributed by atoms with Gasteiger partial charge in [-0.1, -0.05) is 0 Å². The van der Waals surface area contributed by atoms with Crippen molar-refractivity contribution in [1.82, 2.24) is 15.1 Å². The SMILES string of the molecule is Cc1cc(C)n(CCCC(=O)N[C@@H]2COCC[C@H]2O)n1. The second-order valence-corrected chi connectivity index (χ2v) is 5.36. The minimum Gasteiger partial charge on any atom is -0.391 e. The number of amides is 1. The van der Waals surface area contributed by atoms with Gasteiger partial charge in [-0.25, -0.2) is 0 Å². The van der Waals surface area contributed by atoms with Crippen LogP contribution < -0.4 is 5.32 Å². The molecule has 0 aliphatic carbocycles. The fourth-order valence-corrected chi connectivity index (χ4v) is 2.43. The Morgan fingerprint density at radius 1 is 1.60 bits per heavy atom. The lowest BCUT2D eigenvalue weighted by atomic mass is 10.1. The van der Waals surface area contributed by atoms with Crippen molar-refractivity contribution >= 4 is 5.91 Å². The fraction of sp³-hybridized carbons (Fsp3) is 0.714. The maximum atomic E-state index is 11.8. The summed E-state index contributed by atoms with van der Waals surface area (Å²) in [5, 5.41) is 16.9. The van der Waals surface area contributed by atoms with Crippen LogP contribution in [0.5, 0.6) is 0 Å². The molecule has 1 aromatic rings. The molecule has 1 aliphatic rings. The van der Waals surface area contributed by atoms with Crippen molar-refractivity contribution < 1.29 is 14.6 Å². The average Bonchev–Trinajstić information content (AvgIpc) is 2.71. The molecule has 1 fully saturated rings. The van der Waals surface area contributed by atoms with Crippen molar-refractivity contribution in [3.63, 3.8) is 0 Å². The number of aliphatic hydroxyl groups is 1. The first kappa shape index (κ1) is 15.0. The summed E-state index contributed by atoms with van der Waals surface area (Å²) in [5.74, 6) is -0.0407. The van der Waals surface area contributed by atoms with Crippen molar-refractivity contribution in [3.05, 3.63) is 17.5 Å². The van der Waals surface area contributed by atoms with Crippen molar-refractivity contribution in [2.24, 2.45) is 0 Å². The zero-order valence-corrected chi connectivity index (χ0v) is 12.1. The van der Waals surface area contributed by atoms with Gasteiger partial charge < -0.3 is 15.2 Å². The van der Waals surface area contributed by atoms with Crippen LogP contribution in [0.3, 0.4) is 0 Å². The molecule has 6 heteroatoms. The highest BCUT2D eigenvalue weighted by atomic mass is 16.5. The van der Waals surface area contributed by atoms with E-state index in [1.165, 1.54) is 0 Å². The van der Waals surface area contributed by atoms with Crippen LogP contribution in [0.1, 0.15) is 30.7 Å². The monoisotopic (exact) mass is 281 g/mol. The second-order valence-electron chi connectivity index (χ2n) is 5.36. The van der Waals surface area contributed by atoms with Crippen LogP contribution in [0, 0.1) is 13.8 Å². The molecule has 2 atom stereocenters. The summed E-state index contributed by atoms with van der Waals surface area (Å²) < 4.78 is 7.17. The number of ether oxygens (including phenoxy) is 1. The molecule has 0 spiro atoms. The number of hydrogen-bond donors (Lipinski definition) is 2. The van der Waals surface area contributed by atoms with Gasteiger partial charge in [-0.2, -0.15) is 5.10 Å². The first-order chi connectivity index (χ1) is 9.56. The highest BCUT2D eigenvalue weighted by Gasteiger charge is 2.24. The van der Waals surface area contributed by atoms with Gasteiger partial charge in [-0.05, 0) is 32.8 Å². The van der Waals surface area contributed by atoms with E-state index in [1.807, 2.05) is 24.6 Å². The molecule has 20 heavy (non-hydrogen) atoms. The molecule has 2 heterocycles. The number of nitrogens with one attached hydrogen (secondary N) is 1. The van der Waals surface area contributed by atoms with Gasteiger partial charge >= 0.3 is 0 Å². The van der Waals surface area contributed by atoms with E-state index in [2.05, 4.69) is 10.4 Å². The summed E-state index contributed by atoms with van der Waals surface area (Å²) in [6.07, 6.45) is 1.25. The summed E-state index contributed by atoms with van der Waals surface area (Å²) in [5.41, 5.74) is 2.11. The number of carbonyl (C=O) groups is 1.